The van der Waals surface area contributed by atoms with Crippen LogP contribution in [0.25, 0.3) is 0 Å². The minimum atomic E-state index is -0.123. The lowest BCUT2D eigenvalue weighted by Gasteiger charge is -2.27. The van der Waals surface area contributed by atoms with Crippen LogP contribution in [0.3, 0.4) is 0 Å². The molecule has 21 heavy (non-hydrogen) atoms. The second kappa shape index (κ2) is 5.59. The van der Waals surface area contributed by atoms with Crippen molar-refractivity contribution in [3.8, 4) is 0 Å². The third-order valence-corrected chi connectivity index (χ3v) is 3.88. The second-order valence-electron chi connectivity index (χ2n) is 5.58. The fourth-order valence-electron chi connectivity index (χ4n) is 2.73. The zero-order chi connectivity index (χ0) is 14.8. The lowest BCUT2D eigenvalue weighted by Crippen LogP contribution is -2.37. The van der Waals surface area contributed by atoms with Crippen LogP contribution in [0.2, 0.25) is 0 Å². The second-order valence-corrected chi connectivity index (χ2v) is 5.58. The van der Waals surface area contributed by atoms with Crippen LogP contribution in [0.1, 0.15) is 12.2 Å². The van der Waals surface area contributed by atoms with E-state index in [2.05, 4.69) is 20.0 Å². The van der Waals surface area contributed by atoms with Gasteiger partial charge in [-0.25, -0.2) is 9.78 Å². The molecule has 0 fully saturated rings. The first-order chi connectivity index (χ1) is 10.1. The summed E-state index contributed by atoms with van der Waals surface area (Å²) in [4.78, 5) is 18.2. The van der Waals surface area contributed by atoms with E-state index in [1.807, 2.05) is 26.5 Å². The standard InChI is InChI=1S/C14H20N6O/c1-18(14(21)16-12-4-6-19(2)17-12)10-11-3-7-20-8-5-15-13(20)9-11/h4-6,8,11H,3,7,9-10H2,1-2H3,(H,16,17,21)/t11-/m1/s1. The minimum absolute atomic E-state index is 0.123. The number of urea groups is 1. The lowest BCUT2D eigenvalue weighted by atomic mass is 9.97. The van der Waals surface area contributed by atoms with Crippen LogP contribution >= 0.6 is 0 Å². The molecular weight excluding hydrogens is 268 g/mol. The molecule has 3 rings (SSSR count). The Morgan fingerprint density at radius 2 is 2.38 bits per heavy atom. The van der Waals surface area contributed by atoms with E-state index < -0.39 is 0 Å². The van der Waals surface area contributed by atoms with Gasteiger partial charge in [-0.2, -0.15) is 5.10 Å². The number of aryl methyl sites for hydroxylation is 2. The van der Waals surface area contributed by atoms with E-state index in [0.717, 1.165) is 31.8 Å². The first kappa shape index (κ1) is 13.7. The predicted octanol–water partition coefficient (Wildman–Crippen LogP) is 1.34. The summed E-state index contributed by atoms with van der Waals surface area (Å²) in [6, 6.07) is 1.66. The Morgan fingerprint density at radius 3 is 3.14 bits per heavy atom. The van der Waals surface area contributed by atoms with Crippen molar-refractivity contribution in [1.29, 1.82) is 0 Å². The van der Waals surface area contributed by atoms with Crippen molar-refractivity contribution < 1.29 is 4.79 Å². The average Bonchev–Trinajstić information content (AvgIpc) is 3.07. The number of nitrogens with zero attached hydrogens (tertiary/aromatic N) is 5. The highest BCUT2D eigenvalue weighted by atomic mass is 16.2. The van der Waals surface area contributed by atoms with E-state index in [9.17, 15) is 4.79 Å². The van der Waals surface area contributed by atoms with Crippen LogP contribution in [0.15, 0.2) is 24.7 Å². The molecule has 0 bridgehead atoms. The Kier molecular flexibility index (Phi) is 3.64. The molecule has 3 heterocycles. The third-order valence-electron chi connectivity index (χ3n) is 3.88. The van der Waals surface area contributed by atoms with Crippen LogP contribution in [0.5, 0.6) is 0 Å². The SMILES string of the molecule is CN(C[C@@H]1CCn2ccnc2C1)C(=O)Nc1ccn(C)n1. The zero-order valence-electron chi connectivity index (χ0n) is 12.4. The van der Waals surface area contributed by atoms with E-state index in [-0.39, 0.29) is 6.03 Å². The largest absolute Gasteiger partial charge is 0.335 e. The van der Waals surface area contributed by atoms with Gasteiger partial charge in [-0.15, -0.1) is 0 Å². The van der Waals surface area contributed by atoms with Crippen molar-refractivity contribution in [3.63, 3.8) is 0 Å². The van der Waals surface area contributed by atoms with Crippen molar-refractivity contribution in [2.75, 3.05) is 18.9 Å². The van der Waals surface area contributed by atoms with Crippen LogP contribution in [0, 0.1) is 5.92 Å². The number of hydrogen-bond donors (Lipinski definition) is 1. The highest BCUT2D eigenvalue weighted by molar-refractivity contribution is 5.87. The number of nitrogens with one attached hydrogen (secondary N) is 1. The van der Waals surface area contributed by atoms with E-state index >= 15 is 0 Å². The van der Waals surface area contributed by atoms with E-state index in [1.165, 1.54) is 0 Å². The molecule has 0 unspecified atom stereocenters. The Labute approximate surface area is 123 Å². The molecule has 0 aromatic carbocycles. The number of aromatic nitrogens is 4. The summed E-state index contributed by atoms with van der Waals surface area (Å²) >= 11 is 0. The van der Waals surface area contributed by atoms with Gasteiger partial charge in [0, 0.05) is 58.3 Å². The summed E-state index contributed by atoms with van der Waals surface area (Å²) in [5.41, 5.74) is 0. The molecule has 0 aliphatic carbocycles. The Hall–Kier alpha value is -2.31. The normalized spacial score (nSPS) is 17.3. The molecule has 1 atom stereocenters. The first-order valence-electron chi connectivity index (χ1n) is 7.13. The zero-order valence-corrected chi connectivity index (χ0v) is 12.4. The van der Waals surface area contributed by atoms with Gasteiger partial charge < -0.3 is 9.47 Å². The van der Waals surface area contributed by atoms with E-state index in [0.29, 0.717) is 11.7 Å². The van der Waals surface area contributed by atoms with Gasteiger partial charge in [0.05, 0.1) is 0 Å². The average molecular weight is 288 g/mol. The van der Waals surface area contributed by atoms with Crippen LogP contribution < -0.4 is 5.32 Å². The van der Waals surface area contributed by atoms with Crippen molar-refractivity contribution in [1.82, 2.24) is 24.2 Å². The van der Waals surface area contributed by atoms with Gasteiger partial charge in [-0.05, 0) is 12.3 Å². The van der Waals surface area contributed by atoms with E-state index in [1.54, 1.807) is 21.8 Å². The Balaban J connectivity index is 1.54. The number of carbonyl (C=O) groups is 1. The summed E-state index contributed by atoms with van der Waals surface area (Å²) in [5.74, 6) is 2.15. The van der Waals surface area contributed by atoms with Crippen molar-refractivity contribution in [2.24, 2.45) is 13.0 Å². The molecule has 2 aromatic heterocycles. The minimum Gasteiger partial charge on any atom is -0.335 e. The van der Waals surface area contributed by atoms with Gasteiger partial charge in [-0.3, -0.25) is 10.00 Å². The molecule has 2 aromatic rings. The van der Waals surface area contributed by atoms with Crippen LogP contribution in [-0.4, -0.2) is 43.9 Å². The summed E-state index contributed by atoms with van der Waals surface area (Å²) < 4.78 is 3.85. The van der Waals surface area contributed by atoms with Crippen LogP contribution in [-0.2, 0) is 20.0 Å². The molecule has 1 N–H and O–H groups in total. The van der Waals surface area contributed by atoms with Crippen molar-refractivity contribution in [2.45, 2.75) is 19.4 Å². The maximum absolute atomic E-state index is 12.1. The highest BCUT2D eigenvalue weighted by Gasteiger charge is 2.22. The fraction of sp³-hybridized carbons (Fsp3) is 0.500. The molecule has 0 saturated heterocycles. The monoisotopic (exact) mass is 288 g/mol. The number of amides is 2. The topological polar surface area (TPSA) is 68.0 Å². The Bertz CT molecular complexity index is 631. The third kappa shape index (κ3) is 3.07. The maximum Gasteiger partial charge on any atom is 0.322 e. The fourth-order valence-corrected chi connectivity index (χ4v) is 2.73. The van der Waals surface area contributed by atoms with Crippen LogP contribution in [0.4, 0.5) is 10.6 Å². The van der Waals surface area contributed by atoms with Gasteiger partial charge >= 0.3 is 6.03 Å². The maximum atomic E-state index is 12.1. The number of fused-ring (bicyclic) bond motifs is 1. The van der Waals surface area contributed by atoms with Crippen molar-refractivity contribution >= 4 is 11.8 Å². The molecule has 0 radical (unpaired) electrons. The molecule has 112 valence electrons. The molecule has 7 heteroatoms. The first-order valence-corrected chi connectivity index (χ1v) is 7.13. The summed E-state index contributed by atoms with van der Waals surface area (Å²) in [6.07, 6.45) is 7.66. The molecule has 0 spiro atoms. The van der Waals surface area contributed by atoms with Gasteiger partial charge in [0.15, 0.2) is 5.82 Å². The van der Waals surface area contributed by atoms with Gasteiger partial charge in [-0.1, -0.05) is 0 Å². The highest BCUT2D eigenvalue weighted by Crippen LogP contribution is 2.20. The number of rotatable bonds is 3. The van der Waals surface area contributed by atoms with Crippen molar-refractivity contribution in [3.05, 3.63) is 30.5 Å². The molecule has 7 nitrogen and oxygen atoms in total. The molecule has 1 aliphatic rings. The summed E-state index contributed by atoms with van der Waals surface area (Å²) in [6.45, 7) is 1.71. The van der Waals surface area contributed by atoms with E-state index in [4.69, 9.17) is 0 Å². The smallest absolute Gasteiger partial charge is 0.322 e. The predicted molar refractivity (Wildman–Crippen MR) is 78.9 cm³/mol. The quantitative estimate of drug-likeness (QED) is 0.927. The molecule has 0 saturated carbocycles. The van der Waals surface area contributed by atoms with Gasteiger partial charge in [0.25, 0.3) is 0 Å². The van der Waals surface area contributed by atoms with Gasteiger partial charge in [0.2, 0.25) is 0 Å². The number of anilines is 1. The number of imidazole rings is 1. The molecule has 1 aliphatic heterocycles. The number of carbonyl (C=O) groups excluding carboxylic acids is 1. The lowest BCUT2D eigenvalue weighted by molar-refractivity contribution is 0.207. The molecule has 2 amide bonds. The van der Waals surface area contributed by atoms with Gasteiger partial charge in [0.1, 0.15) is 5.82 Å². The summed E-state index contributed by atoms with van der Waals surface area (Å²) in [7, 11) is 3.64. The Morgan fingerprint density at radius 1 is 1.52 bits per heavy atom. The number of hydrogen-bond acceptors (Lipinski definition) is 3. The molecular formula is C14H20N6O. The summed E-state index contributed by atoms with van der Waals surface area (Å²) in [5, 5.41) is 6.95.